The SMILES string of the molecule is CCC(C)OC(=O)[C@@H](NC(=O)[C@H](N)C(C)C)C(C)C. The molecule has 1 amide bonds. The maximum absolute atomic E-state index is 12.0. The van der Waals surface area contributed by atoms with Crippen molar-refractivity contribution in [2.75, 3.05) is 0 Å². The van der Waals surface area contributed by atoms with Gasteiger partial charge in [-0.05, 0) is 25.2 Å². The normalized spacial score (nSPS) is 16.1. The second-order valence-electron chi connectivity index (χ2n) is 5.66. The predicted octanol–water partition coefficient (Wildman–Crippen LogP) is 1.45. The summed E-state index contributed by atoms with van der Waals surface area (Å²) in [6.45, 7) is 11.2. The van der Waals surface area contributed by atoms with Crippen molar-refractivity contribution in [3.05, 3.63) is 0 Å². The van der Waals surface area contributed by atoms with Crippen LogP contribution in [0.5, 0.6) is 0 Å². The van der Waals surface area contributed by atoms with Gasteiger partial charge in [-0.15, -0.1) is 0 Å². The zero-order chi connectivity index (χ0) is 15.2. The van der Waals surface area contributed by atoms with Gasteiger partial charge < -0.3 is 15.8 Å². The minimum absolute atomic E-state index is 0.0263. The third kappa shape index (κ3) is 6.05. The first-order chi connectivity index (χ1) is 8.70. The zero-order valence-electron chi connectivity index (χ0n) is 12.9. The number of esters is 1. The molecular formula is C14H28N2O3. The van der Waals surface area contributed by atoms with Crippen molar-refractivity contribution < 1.29 is 14.3 Å². The fraction of sp³-hybridized carbons (Fsp3) is 0.857. The Labute approximate surface area is 116 Å². The summed E-state index contributed by atoms with van der Waals surface area (Å²) in [5.41, 5.74) is 5.77. The fourth-order valence-corrected chi connectivity index (χ4v) is 1.40. The second-order valence-corrected chi connectivity index (χ2v) is 5.66. The molecule has 0 bridgehead atoms. The summed E-state index contributed by atoms with van der Waals surface area (Å²) in [5, 5.41) is 2.69. The van der Waals surface area contributed by atoms with Gasteiger partial charge in [0.2, 0.25) is 5.91 Å². The van der Waals surface area contributed by atoms with E-state index in [0.717, 1.165) is 6.42 Å². The van der Waals surface area contributed by atoms with Gasteiger partial charge in [0.15, 0.2) is 0 Å². The maximum Gasteiger partial charge on any atom is 0.329 e. The molecule has 5 heteroatoms. The van der Waals surface area contributed by atoms with Crippen molar-refractivity contribution in [3.8, 4) is 0 Å². The van der Waals surface area contributed by atoms with Crippen LogP contribution >= 0.6 is 0 Å². The minimum Gasteiger partial charge on any atom is -0.461 e. The molecule has 0 saturated heterocycles. The van der Waals surface area contributed by atoms with Gasteiger partial charge in [-0.3, -0.25) is 4.79 Å². The maximum atomic E-state index is 12.0. The van der Waals surface area contributed by atoms with E-state index in [1.54, 1.807) is 0 Å². The highest BCUT2D eigenvalue weighted by molar-refractivity contribution is 5.87. The van der Waals surface area contributed by atoms with Gasteiger partial charge in [0.1, 0.15) is 6.04 Å². The molecule has 0 aliphatic heterocycles. The molecule has 3 N–H and O–H groups in total. The van der Waals surface area contributed by atoms with Crippen molar-refractivity contribution in [2.24, 2.45) is 17.6 Å². The summed E-state index contributed by atoms with van der Waals surface area (Å²) in [6.07, 6.45) is 0.597. The lowest BCUT2D eigenvalue weighted by atomic mass is 10.0. The molecule has 0 fully saturated rings. The Morgan fingerprint density at radius 1 is 1.11 bits per heavy atom. The van der Waals surface area contributed by atoms with Gasteiger partial charge in [0, 0.05) is 0 Å². The summed E-state index contributed by atoms with van der Waals surface area (Å²) < 4.78 is 5.27. The van der Waals surface area contributed by atoms with Gasteiger partial charge in [0.05, 0.1) is 12.1 Å². The summed E-state index contributed by atoms with van der Waals surface area (Å²) in [5.74, 6) is -0.721. The van der Waals surface area contributed by atoms with E-state index in [1.165, 1.54) is 0 Å². The topological polar surface area (TPSA) is 81.4 Å². The lowest BCUT2D eigenvalue weighted by Gasteiger charge is -2.25. The largest absolute Gasteiger partial charge is 0.461 e. The minimum atomic E-state index is -0.647. The molecular weight excluding hydrogens is 244 g/mol. The lowest BCUT2D eigenvalue weighted by Crippen LogP contribution is -2.52. The van der Waals surface area contributed by atoms with Crippen molar-refractivity contribution in [1.29, 1.82) is 0 Å². The number of amides is 1. The molecule has 112 valence electrons. The first-order valence-corrected chi connectivity index (χ1v) is 6.97. The fourth-order valence-electron chi connectivity index (χ4n) is 1.40. The highest BCUT2D eigenvalue weighted by Crippen LogP contribution is 2.08. The molecule has 0 radical (unpaired) electrons. The molecule has 0 aliphatic rings. The Bertz CT molecular complexity index is 303. The number of carbonyl (C=O) groups is 2. The molecule has 0 aliphatic carbocycles. The average molecular weight is 272 g/mol. The van der Waals surface area contributed by atoms with Crippen molar-refractivity contribution in [3.63, 3.8) is 0 Å². The van der Waals surface area contributed by atoms with E-state index in [-0.39, 0.29) is 23.8 Å². The van der Waals surface area contributed by atoms with Gasteiger partial charge in [-0.25, -0.2) is 4.79 Å². The first-order valence-electron chi connectivity index (χ1n) is 6.97. The summed E-state index contributed by atoms with van der Waals surface area (Å²) in [4.78, 5) is 23.9. The Morgan fingerprint density at radius 3 is 2.00 bits per heavy atom. The van der Waals surface area contributed by atoms with Gasteiger partial charge in [0.25, 0.3) is 0 Å². The van der Waals surface area contributed by atoms with Gasteiger partial charge in [-0.1, -0.05) is 34.6 Å². The third-order valence-electron chi connectivity index (χ3n) is 3.13. The van der Waals surface area contributed by atoms with E-state index in [1.807, 2.05) is 41.5 Å². The molecule has 0 rings (SSSR count). The second kappa shape index (κ2) is 8.15. The predicted molar refractivity (Wildman–Crippen MR) is 75.4 cm³/mol. The molecule has 0 aromatic carbocycles. The van der Waals surface area contributed by atoms with Crippen LogP contribution in [0, 0.1) is 11.8 Å². The Balaban J connectivity index is 4.66. The first kappa shape index (κ1) is 17.9. The molecule has 0 aromatic rings. The van der Waals surface area contributed by atoms with E-state index in [2.05, 4.69) is 5.32 Å². The standard InChI is InChI=1S/C14H28N2O3/c1-7-10(6)19-14(18)12(9(4)5)16-13(17)11(15)8(2)3/h8-12H,7,15H2,1-6H3,(H,16,17)/t10?,11-,12+/m1/s1. The number of carbonyl (C=O) groups excluding carboxylic acids is 2. The number of nitrogens with two attached hydrogens (primary N) is 1. The van der Waals surface area contributed by atoms with Crippen molar-refractivity contribution in [1.82, 2.24) is 5.32 Å². The molecule has 1 unspecified atom stereocenters. The van der Waals surface area contributed by atoms with Crippen LogP contribution in [0.3, 0.4) is 0 Å². The molecule has 0 heterocycles. The van der Waals surface area contributed by atoms with E-state index < -0.39 is 18.1 Å². The Kier molecular flexibility index (Phi) is 7.68. The van der Waals surface area contributed by atoms with Crippen LogP contribution in [0.4, 0.5) is 0 Å². The molecule has 3 atom stereocenters. The Hall–Kier alpha value is -1.10. The number of ether oxygens (including phenoxy) is 1. The number of hydrogen-bond acceptors (Lipinski definition) is 4. The molecule has 0 aromatic heterocycles. The van der Waals surface area contributed by atoms with Crippen LogP contribution in [0.25, 0.3) is 0 Å². The lowest BCUT2D eigenvalue weighted by molar-refractivity contribution is -0.153. The van der Waals surface area contributed by atoms with Crippen LogP contribution in [0.2, 0.25) is 0 Å². The van der Waals surface area contributed by atoms with E-state index >= 15 is 0 Å². The van der Waals surface area contributed by atoms with E-state index in [0.29, 0.717) is 0 Å². The number of nitrogens with one attached hydrogen (secondary N) is 1. The molecule has 19 heavy (non-hydrogen) atoms. The number of hydrogen-bond donors (Lipinski definition) is 2. The van der Waals surface area contributed by atoms with Crippen LogP contribution in [-0.2, 0) is 14.3 Å². The smallest absolute Gasteiger partial charge is 0.329 e. The van der Waals surface area contributed by atoms with Gasteiger partial charge in [-0.2, -0.15) is 0 Å². The average Bonchev–Trinajstić information content (AvgIpc) is 2.33. The van der Waals surface area contributed by atoms with Crippen molar-refractivity contribution in [2.45, 2.75) is 66.2 Å². The van der Waals surface area contributed by atoms with E-state index in [9.17, 15) is 9.59 Å². The quantitative estimate of drug-likeness (QED) is 0.687. The van der Waals surface area contributed by atoms with Crippen LogP contribution in [-0.4, -0.2) is 30.1 Å². The molecule has 0 saturated carbocycles. The summed E-state index contributed by atoms with van der Waals surface area (Å²) in [6, 6.07) is -1.26. The van der Waals surface area contributed by atoms with Gasteiger partial charge >= 0.3 is 5.97 Å². The highest BCUT2D eigenvalue weighted by Gasteiger charge is 2.29. The van der Waals surface area contributed by atoms with E-state index in [4.69, 9.17) is 10.5 Å². The monoisotopic (exact) mass is 272 g/mol. The summed E-state index contributed by atoms with van der Waals surface area (Å²) >= 11 is 0. The molecule has 5 nitrogen and oxygen atoms in total. The zero-order valence-corrected chi connectivity index (χ0v) is 12.9. The molecule has 0 spiro atoms. The Morgan fingerprint density at radius 2 is 1.63 bits per heavy atom. The van der Waals surface area contributed by atoms with Crippen molar-refractivity contribution >= 4 is 11.9 Å². The summed E-state index contributed by atoms with van der Waals surface area (Å²) in [7, 11) is 0. The highest BCUT2D eigenvalue weighted by atomic mass is 16.5. The van der Waals surface area contributed by atoms with Crippen LogP contribution < -0.4 is 11.1 Å². The van der Waals surface area contributed by atoms with Crippen LogP contribution in [0.1, 0.15) is 48.0 Å². The number of rotatable bonds is 7. The van der Waals surface area contributed by atoms with Crippen LogP contribution in [0.15, 0.2) is 0 Å². The third-order valence-corrected chi connectivity index (χ3v) is 3.13.